The second kappa shape index (κ2) is 5.64. The molecule has 0 aromatic carbocycles. The Labute approximate surface area is 122 Å². The van der Waals surface area contributed by atoms with Crippen LogP contribution in [0.2, 0.25) is 0 Å². The van der Waals surface area contributed by atoms with Crippen LogP contribution in [0.15, 0.2) is 20.9 Å². The standard InChI is InChI=1S/C13H20N4S2/c1-9-10(8-15-13(2,3)4)11(17(5)16-9)19-12-14-6-7-18-12/h6-7,15H,8H2,1-5H3. The number of nitrogens with one attached hydrogen (secondary N) is 1. The van der Waals surface area contributed by atoms with Gasteiger partial charge in [0.05, 0.1) is 5.69 Å². The molecule has 2 heterocycles. The van der Waals surface area contributed by atoms with Crippen LogP contribution in [0.4, 0.5) is 0 Å². The van der Waals surface area contributed by atoms with E-state index in [1.54, 1.807) is 23.1 Å². The van der Waals surface area contributed by atoms with Gasteiger partial charge in [-0.25, -0.2) is 4.98 Å². The van der Waals surface area contributed by atoms with E-state index in [1.165, 1.54) is 10.6 Å². The number of aryl methyl sites for hydroxylation is 2. The van der Waals surface area contributed by atoms with Crippen molar-refractivity contribution in [2.45, 2.75) is 49.1 Å². The number of rotatable bonds is 4. The highest BCUT2D eigenvalue weighted by Crippen LogP contribution is 2.32. The highest BCUT2D eigenvalue weighted by atomic mass is 32.2. The molecule has 0 radical (unpaired) electrons. The van der Waals surface area contributed by atoms with Gasteiger partial charge < -0.3 is 5.32 Å². The van der Waals surface area contributed by atoms with Crippen molar-refractivity contribution in [2.24, 2.45) is 7.05 Å². The molecule has 2 aromatic rings. The maximum absolute atomic E-state index is 4.52. The van der Waals surface area contributed by atoms with E-state index in [0.29, 0.717) is 0 Å². The minimum atomic E-state index is 0.103. The molecule has 0 saturated carbocycles. The maximum atomic E-state index is 4.52. The Bertz CT molecular complexity index is 538. The molecular formula is C13H20N4S2. The monoisotopic (exact) mass is 296 g/mol. The summed E-state index contributed by atoms with van der Waals surface area (Å²) in [5.74, 6) is 0. The van der Waals surface area contributed by atoms with E-state index < -0.39 is 0 Å². The molecule has 0 aliphatic heterocycles. The van der Waals surface area contributed by atoms with Crippen LogP contribution in [-0.2, 0) is 13.6 Å². The molecule has 1 N–H and O–H groups in total. The molecule has 0 aliphatic carbocycles. The highest BCUT2D eigenvalue weighted by Gasteiger charge is 2.17. The van der Waals surface area contributed by atoms with Gasteiger partial charge in [-0.05, 0) is 39.5 Å². The fourth-order valence-electron chi connectivity index (χ4n) is 1.71. The fourth-order valence-corrected chi connectivity index (χ4v) is 3.46. The predicted octanol–water partition coefficient (Wildman–Crippen LogP) is 3.22. The summed E-state index contributed by atoms with van der Waals surface area (Å²) >= 11 is 3.35. The van der Waals surface area contributed by atoms with Crippen molar-refractivity contribution in [3.05, 3.63) is 22.8 Å². The topological polar surface area (TPSA) is 42.7 Å². The molecule has 0 saturated heterocycles. The summed E-state index contributed by atoms with van der Waals surface area (Å²) < 4.78 is 3.00. The third kappa shape index (κ3) is 3.81. The molecule has 0 unspecified atom stereocenters. The molecule has 104 valence electrons. The number of nitrogens with zero attached hydrogens (tertiary/aromatic N) is 3. The molecule has 0 atom stereocenters. The predicted molar refractivity (Wildman–Crippen MR) is 80.8 cm³/mol. The summed E-state index contributed by atoms with van der Waals surface area (Å²) in [6.45, 7) is 9.41. The third-order valence-corrected chi connectivity index (χ3v) is 4.77. The first-order chi connectivity index (χ1) is 8.87. The largest absolute Gasteiger partial charge is 0.308 e. The zero-order valence-electron chi connectivity index (χ0n) is 12.0. The molecule has 0 aliphatic rings. The number of aromatic nitrogens is 3. The van der Waals surface area contributed by atoms with Crippen molar-refractivity contribution in [2.75, 3.05) is 0 Å². The first-order valence-electron chi connectivity index (χ1n) is 6.21. The van der Waals surface area contributed by atoms with Gasteiger partial charge in [0.15, 0.2) is 4.34 Å². The molecule has 19 heavy (non-hydrogen) atoms. The lowest BCUT2D eigenvalue weighted by Gasteiger charge is -2.20. The molecule has 2 rings (SSSR count). The van der Waals surface area contributed by atoms with Gasteiger partial charge in [0, 0.05) is 36.3 Å². The normalized spacial score (nSPS) is 12.1. The van der Waals surface area contributed by atoms with Gasteiger partial charge in [-0.3, -0.25) is 4.68 Å². The fraction of sp³-hybridized carbons (Fsp3) is 0.538. The van der Waals surface area contributed by atoms with Crippen LogP contribution in [0.25, 0.3) is 0 Å². The molecule has 0 spiro atoms. The average molecular weight is 296 g/mol. The summed E-state index contributed by atoms with van der Waals surface area (Å²) in [5, 5.41) is 11.2. The van der Waals surface area contributed by atoms with Crippen molar-refractivity contribution in [3.63, 3.8) is 0 Å². The molecular weight excluding hydrogens is 276 g/mol. The maximum Gasteiger partial charge on any atom is 0.156 e. The van der Waals surface area contributed by atoms with Crippen molar-refractivity contribution in [1.29, 1.82) is 0 Å². The Balaban J connectivity index is 2.22. The first kappa shape index (κ1) is 14.6. The van der Waals surface area contributed by atoms with E-state index in [0.717, 1.165) is 16.6 Å². The van der Waals surface area contributed by atoms with E-state index in [1.807, 2.05) is 23.3 Å². The van der Waals surface area contributed by atoms with Crippen LogP contribution < -0.4 is 5.32 Å². The first-order valence-corrected chi connectivity index (χ1v) is 7.91. The van der Waals surface area contributed by atoms with Crippen LogP contribution >= 0.6 is 23.1 Å². The van der Waals surface area contributed by atoms with Crippen LogP contribution in [0, 0.1) is 6.92 Å². The van der Waals surface area contributed by atoms with Crippen molar-refractivity contribution in [3.8, 4) is 0 Å². The summed E-state index contributed by atoms with van der Waals surface area (Å²) in [6.07, 6.45) is 1.84. The van der Waals surface area contributed by atoms with Crippen LogP contribution in [0.1, 0.15) is 32.0 Å². The minimum Gasteiger partial charge on any atom is -0.308 e. The Morgan fingerprint density at radius 1 is 1.42 bits per heavy atom. The Hall–Kier alpha value is -0.850. The molecule has 4 nitrogen and oxygen atoms in total. The van der Waals surface area contributed by atoms with E-state index in [9.17, 15) is 0 Å². The van der Waals surface area contributed by atoms with Crippen molar-refractivity contribution in [1.82, 2.24) is 20.1 Å². The van der Waals surface area contributed by atoms with Crippen molar-refractivity contribution < 1.29 is 0 Å². The SMILES string of the molecule is Cc1nn(C)c(Sc2nccs2)c1CNC(C)(C)C. The van der Waals surface area contributed by atoms with Gasteiger partial charge in [0.2, 0.25) is 0 Å². The highest BCUT2D eigenvalue weighted by molar-refractivity contribution is 8.01. The van der Waals surface area contributed by atoms with Gasteiger partial charge in [0.25, 0.3) is 0 Å². The zero-order valence-corrected chi connectivity index (χ0v) is 13.7. The lowest BCUT2D eigenvalue weighted by atomic mass is 10.1. The molecule has 0 bridgehead atoms. The van der Waals surface area contributed by atoms with E-state index in [4.69, 9.17) is 0 Å². The van der Waals surface area contributed by atoms with Crippen LogP contribution in [0.5, 0.6) is 0 Å². The van der Waals surface area contributed by atoms with Gasteiger partial charge in [-0.1, -0.05) is 0 Å². The molecule has 0 amide bonds. The molecule has 2 aromatic heterocycles. The van der Waals surface area contributed by atoms with E-state index in [2.05, 4.69) is 43.1 Å². The smallest absolute Gasteiger partial charge is 0.156 e. The van der Waals surface area contributed by atoms with Crippen LogP contribution in [0.3, 0.4) is 0 Å². The van der Waals surface area contributed by atoms with E-state index >= 15 is 0 Å². The number of thiazole rings is 1. The second-order valence-corrected chi connectivity index (χ2v) is 7.63. The van der Waals surface area contributed by atoms with E-state index in [-0.39, 0.29) is 5.54 Å². The third-order valence-electron chi connectivity index (χ3n) is 2.68. The lowest BCUT2D eigenvalue weighted by Crippen LogP contribution is -2.35. The molecule has 6 heteroatoms. The summed E-state index contributed by atoms with van der Waals surface area (Å²) in [7, 11) is 1.99. The molecule has 0 fully saturated rings. The van der Waals surface area contributed by atoms with Gasteiger partial charge in [-0.2, -0.15) is 5.10 Å². The Morgan fingerprint density at radius 3 is 2.74 bits per heavy atom. The van der Waals surface area contributed by atoms with Gasteiger partial charge >= 0.3 is 0 Å². The van der Waals surface area contributed by atoms with Gasteiger partial charge in [0.1, 0.15) is 5.03 Å². The summed E-state index contributed by atoms with van der Waals surface area (Å²) in [4.78, 5) is 4.33. The Morgan fingerprint density at radius 2 is 2.16 bits per heavy atom. The van der Waals surface area contributed by atoms with Crippen LogP contribution in [-0.4, -0.2) is 20.3 Å². The van der Waals surface area contributed by atoms with Gasteiger partial charge in [-0.15, -0.1) is 11.3 Å². The average Bonchev–Trinajstić information content (AvgIpc) is 2.86. The number of hydrogen-bond acceptors (Lipinski definition) is 5. The minimum absolute atomic E-state index is 0.103. The summed E-state index contributed by atoms with van der Waals surface area (Å²) in [5.41, 5.74) is 2.45. The zero-order chi connectivity index (χ0) is 14.0. The second-order valence-electron chi connectivity index (χ2n) is 5.50. The summed E-state index contributed by atoms with van der Waals surface area (Å²) in [6, 6.07) is 0. The lowest BCUT2D eigenvalue weighted by molar-refractivity contribution is 0.421. The number of hydrogen-bond donors (Lipinski definition) is 1. The quantitative estimate of drug-likeness (QED) is 0.940. The van der Waals surface area contributed by atoms with Crippen molar-refractivity contribution >= 4 is 23.1 Å². The Kier molecular flexibility index (Phi) is 4.32.